The van der Waals surface area contributed by atoms with E-state index in [2.05, 4.69) is 96.0 Å². The van der Waals surface area contributed by atoms with Gasteiger partial charge in [-0.1, -0.05) is 60.2 Å². The normalized spacial score (nSPS) is 10.8. The molecule has 0 aliphatic heterocycles. The van der Waals surface area contributed by atoms with Crippen LogP contribution in [0.1, 0.15) is 23.6 Å². The number of rotatable bonds is 7. The van der Waals surface area contributed by atoms with Gasteiger partial charge in [-0.2, -0.15) is 5.10 Å². The standard InChI is InChI=1S/C23H25N3/c1-3-26(18-21-7-5-4-6-8-21)23-15-11-20(12-16-23)17-24-25-22-13-9-19(2)10-14-22/h4-17,25H,3,18H2,1-2H3/b24-17+. The van der Waals surface area contributed by atoms with Crippen LogP contribution in [0.15, 0.2) is 84.0 Å². The molecular weight excluding hydrogens is 318 g/mol. The quantitative estimate of drug-likeness (QED) is 0.455. The summed E-state index contributed by atoms with van der Waals surface area (Å²) in [5.41, 5.74) is 8.91. The zero-order valence-electron chi connectivity index (χ0n) is 15.4. The van der Waals surface area contributed by atoms with Crippen molar-refractivity contribution in [1.82, 2.24) is 0 Å². The van der Waals surface area contributed by atoms with E-state index in [0.29, 0.717) is 0 Å². The monoisotopic (exact) mass is 343 g/mol. The Bertz CT molecular complexity index is 822. The van der Waals surface area contributed by atoms with Gasteiger partial charge in [0.2, 0.25) is 0 Å². The molecule has 26 heavy (non-hydrogen) atoms. The average molecular weight is 343 g/mol. The van der Waals surface area contributed by atoms with Gasteiger partial charge in [-0.3, -0.25) is 5.43 Å². The van der Waals surface area contributed by atoms with E-state index < -0.39 is 0 Å². The van der Waals surface area contributed by atoms with E-state index in [1.54, 1.807) is 0 Å². The van der Waals surface area contributed by atoms with Crippen molar-refractivity contribution in [2.75, 3.05) is 16.9 Å². The first-order chi connectivity index (χ1) is 12.7. The lowest BCUT2D eigenvalue weighted by Crippen LogP contribution is -2.21. The fourth-order valence-electron chi connectivity index (χ4n) is 2.77. The van der Waals surface area contributed by atoms with E-state index in [-0.39, 0.29) is 0 Å². The van der Waals surface area contributed by atoms with Crippen LogP contribution in [-0.4, -0.2) is 12.8 Å². The molecule has 0 spiro atoms. The number of hydrazone groups is 1. The zero-order chi connectivity index (χ0) is 18.2. The van der Waals surface area contributed by atoms with Gasteiger partial charge in [0.25, 0.3) is 0 Å². The molecule has 0 fully saturated rings. The van der Waals surface area contributed by atoms with Crippen molar-refractivity contribution in [1.29, 1.82) is 0 Å². The summed E-state index contributed by atoms with van der Waals surface area (Å²) in [6.45, 7) is 6.15. The Kier molecular flexibility index (Phi) is 6.05. The first kappa shape index (κ1) is 17.7. The molecule has 0 radical (unpaired) electrons. The predicted octanol–water partition coefficient (Wildman–Crippen LogP) is 5.47. The second-order valence-electron chi connectivity index (χ2n) is 6.33. The van der Waals surface area contributed by atoms with E-state index in [1.807, 2.05) is 18.3 Å². The zero-order valence-corrected chi connectivity index (χ0v) is 15.4. The summed E-state index contributed by atoms with van der Waals surface area (Å²) in [6, 6.07) is 27.3. The van der Waals surface area contributed by atoms with Crippen LogP contribution >= 0.6 is 0 Å². The predicted molar refractivity (Wildman–Crippen MR) is 112 cm³/mol. The van der Waals surface area contributed by atoms with Crippen LogP contribution in [0.4, 0.5) is 11.4 Å². The first-order valence-electron chi connectivity index (χ1n) is 8.99. The van der Waals surface area contributed by atoms with Crippen LogP contribution in [0.3, 0.4) is 0 Å². The summed E-state index contributed by atoms with van der Waals surface area (Å²) in [7, 11) is 0. The molecule has 0 saturated heterocycles. The van der Waals surface area contributed by atoms with Crippen LogP contribution in [0.5, 0.6) is 0 Å². The van der Waals surface area contributed by atoms with Crippen molar-refractivity contribution in [3.63, 3.8) is 0 Å². The molecule has 3 nitrogen and oxygen atoms in total. The largest absolute Gasteiger partial charge is 0.367 e. The number of aryl methyl sites for hydroxylation is 1. The molecule has 0 unspecified atom stereocenters. The van der Waals surface area contributed by atoms with Crippen LogP contribution < -0.4 is 10.3 Å². The molecule has 3 heteroatoms. The van der Waals surface area contributed by atoms with Gasteiger partial charge in [0.15, 0.2) is 0 Å². The Morgan fingerprint density at radius 1 is 0.885 bits per heavy atom. The fourth-order valence-corrected chi connectivity index (χ4v) is 2.77. The molecule has 132 valence electrons. The van der Waals surface area contributed by atoms with Crippen molar-refractivity contribution < 1.29 is 0 Å². The van der Waals surface area contributed by atoms with E-state index in [4.69, 9.17) is 0 Å². The summed E-state index contributed by atoms with van der Waals surface area (Å²) < 4.78 is 0. The molecular formula is C23H25N3. The Labute approximate surface area is 156 Å². The van der Waals surface area contributed by atoms with Gasteiger partial charge in [-0.25, -0.2) is 0 Å². The van der Waals surface area contributed by atoms with Gasteiger partial charge in [0.1, 0.15) is 0 Å². The molecule has 3 aromatic rings. The summed E-state index contributed by atoms with van der Waals surface area (Å²) in [5.74, 6) is 0. The number of hydrogen-bond donors (Lipinski definition) is 1. The van der Waals surface area contributed by atoms with Crippen LogP contribution in [-0.2, 0) is 6.54 Å². The highest BCUT2D eigenvalue weighted by molar-refractivity contribution is 5.81. The molecule has 3 aromatic carbocycles. The number of anilines is 2. The van der Waals surface area contributed by atoms with E-state index >= 15 is 0 Å². The molecule has 0 heterocycles. The van der Waals surface area contributed by atoms with Crippen molar-refractivity contribution in [2.24, 2.45) is 5.10 Å². The minimum Gasteiger partial charge on any atom is -0.367 e. The number of benzene rings is 3. The Balaban J connectivity index is 1.61. The molecule has 0 amide bonds. The number of nitrogens with zero attached hydrogens (tertiary/aromatic N) is 2. The second-order valence-corrected chi connectivity index (χ2v) is 6.33. The third-order valence-electron chi connectivity index (χ3n) is 4.32. The van der Waals surface area contributed by atoms with Gasteiger partial charge in [0.05, 0.1) is 11.9 Å². The third kappa shape index (κ3) is 4.96. The highest BCUT2D eigenvalue weighted by atomic mass is 15.3. The smallest absolute Gasteiger partial charge is 0.0561 e. The number of hydrogen-bond acceptors (Lipinski definition) is 3. The van der Waals surface area contributed by atoms with E-state index in [1.165, 1.54) is 16.8 Å². The minimum atomic E-state index is 0.916. The summed E-state index contributed by atoms with van der Waals surface area (Å²) in [6.07, 6.45) is 1.84. The summed E-state index contributed by atoms with van der Waals surface area (Å²) in [5, 5.41) is 4.32. The molecule has 0 aliphatic carbocycles. The van der Waals surface area contributed by atoms with Gasteiger partial charge in [-0.15, -0.1) is 0 Å². The van der Waals surface area contributed by atoms with Gasteiger partial charge < -0.3 is 4.90 Å². The summed E-state index contributed by atoms with van der Waals surface area (Å²) >= 11 is 0. The highest BCUT2D eigenvalue weighted by Gasteiger charge is 2.04. The van der Waals surface area contributed by atoms with Crippen molar-refractivity contribution in [2.45, 2.75) is 20.4 Å². The van der Waals surface area contributed by atoms with Crippen molar-refractivity contribution in [3.05, 3.63) is 95.6 Å². The maximum atomic E-state index is 4.32. The molecule has 0 bridgehead atoms. The Hall–Kier alpha value is -3.07. The lowest BCUT2D eigenvalue weighted by molar-refractivity contribution is 0.832. The topological polar surface area (TPSA) is 27.6 Å². The van der Waals surface area contributed by atoms with Gasteiger partial charge in [-0.05, 0) is 49.2 Å². The Morgan fingerprint density at radius 2 is 1.58 bits per heavy atom. The second kappa shape index (κ2) is 8.86. The van der Waals surface area contributed by atoms with Crippen molar-refractivity contribution >= 4 is 17.6 Å². The SMILES string of the molecule is CCN(Cc1ccccc1)c1ccc(/C=N/Nc2ccc(C)cc2)cc1. The highest BCUT2D eigenvalue weighted by Crippen LogP contribution is 2.17. The molecule has 0 aromatic heterocycles. The molecule has 0 atom stereocenters. The Morgan fingerprint density at radius 3 is 2.23 bits per heavy atom. The van der Waals surface area contributed by atoms with Crippen LogP contribution in [0, 0.1) is 6.92 Å². The molecule has 3 rings (SSSR count). The van der Waals surface area contributed by atoms with Gasteiger partial charge in [0, 0.05) is 18.8 Å². The fraction of sp³-hybridized carbons (Fsp3) is 0.174. The summed E-state index contributed by atoms with van der Waals surface area (Å²) in [4.78, 5) is 2.36. The lowest BCUT2D eigenvalue weighted by atomic mass is 10.1. The van der Waals surface area contributed by atoms with Gasteiger partial charge >= 0.3 is 0 Å². The third-order valence-corrected chi connectivity index (χ3v) is 4.32. The maximum Gasteiger partial charge on any atom is 0.0561 e. The lowest BCUT2D eigenvalue weighted by Gasteiger charge is -2.23. The molecule has 0 aliphatic rings. The van der Waals surface area contributed by atoms with E-state index in [0.717, 1.165) is 24.3 Å². The van der Waals surface area contributed by atoms with E-state index in [9.17, 15) is 0 Å². The first-order valence-corrected chi connectivity index (χ1v) is 8.99. The molecule has 1 N–H and O–H groups in total. The maximum absolute atomic E-state index is 4.32. The van der Waals surface area contributed by atoms with Crippen LogP contribution in [0.25, 0.3) is 0 Å². The van der Waals surface area contributed by atoms with Crippen LogP contribution in [0.2, 0.25) is 0 Å². The minimum absolute atomic E-state index is 0.916. The number of nitrogens with one attached hydrogen (secondary N) is 1. The molecule has 0 saturated carbocycles. The van der Waals surface area contributed by atoms with Crippen molar-refractivity contribution in [3.8, 4) is 0 Å². The average Bonchev–Trinajstić information content (AvgIpc) is 2.69.